The number of ether oxygens (including phenoxy) is 5. The second-order valence-corrected chi connectivity index (χ2v) is 14.4. The molecule has 6 aromatic rings. The monoisotopic (exact) mass is 728 g/mol. The summed E-state index contributed by atoms with van der Waals surface area (Å²) in [4.78, 5) is 0. The Bertz CT molecular complexity index is 2200. The molecule has 0 amide bonds. The number of fused-ring (bicyclic) bond motifs is 1. The van der Waals surface area contributed by atoms with Gasteiger partial charge in [-0.1, -0.05) is 127 Å². The third-order valence-electron chi connectivity index (χ3n) is 8.69. The SMILES string of the molecule is CS(=O)(=O)O[C@H]1Cc2c(OCc3ccccc3)cc(OCc3ccccc3)cc2O[C@@H]1c1ccc(OCc2ccccc2)c(OCc2ccccc2)c1. The van der Waals surface area contributed by atoms with Crippen LogP contribution in [-0.4, -0.2) is 20.8 Å². The van der Waals surface area contributed by atoms with E-state index in [0.29, 0.717) is 66.3 Å². The zero-order chi connectivity index (χ0) is 36.5. The molecule has 0 saturated carbocycles. The Morgan fingerprint density at radius 2 is 1.02 bits per heavy atom. The van der Waals surface area contributed by atoms with Gasteiger partial charge in [0.05, 0.1) is 6.26 Å². The van der Waals surface area contributed by atoms with Gasteiger partial charge < -0.3 is 23.7 Å². The van der Waals surface area contributed by atoms with E-state index >= 15 is 0 Å². The topological polar surface area (TPSA) is 89.5 Å². The maximum Gasteiger partial charge on any atom is 0.264 e. The van der Waals surface area contributed by atoms with Crippen LogP contribution >= 0.6 is 0 Å². The van der Waals surface area contributed by atoms with Crippen LogP contribution in [0.3, 0.4) is 0 Å². The molecule has 1 heterocycles. The average molecular weight is 729 g/mol. The van der Waals surface area contributed by atoms with Crippen molar-refractivity contribution in [3.63, 3.8) is 0 Å². The lowest BCUT2D eigenvalue weighted by molar-refractivity contribution is 0.0408. The molecule has 53 heavy (non-hydrogen) atoms. The van der Waals surface area contributed by atoms with Gasteiger partial charge in [-0.05, 0) is 39.9 Å². The van der Waals surface area contributed by atoms with E-state index in [0.717, 1.165) is 28.5 Å². The predicted molar refractivity (Wildman–Crippen MR) is 203 cm³/mol. The number of hydrogen-bond acceptors (Lipinski definition) is 8. The standard InChI is InChI=1S/C44H40O8S/c1-53(45,46)52-43-27-38-40(49-30-34-18-10-4-11-19-34)25-37(47-28-32-14-6-2-7-15-32)26-41(38)51-44(43)36-22-23-39(48-29-33-16-8-3-9-17-33)42(24-36)50-31-35-20-12-5-13-21-35/h2-26,43-44H,27-31H2,1H3/t43-,44+/m0/s1. The Morgan fingerprint density at radius 1 is 0.547 bits per heavy atom. The first-order chi connectivity index (χ1) is 25.9. The van der Waals surface area contributed by atoms with Gasteiger partial charge in [-0.2, -0.15) is 8.42 Å². The van der Waals surface area contributed by atoms with Crippen molar-refractivity contribution >= 4 is 10.1 Å². The van der Waals surface area contributed by atoms with E-state index in [9.17, 15) is 8.42 Å². The van der Waals surface area contributed by atoms with E-state index < -0.39 is 22.3 Å². The molecule has 1 aliphatic rings. The maximum atomic E-state index is 12.7. The fraction of sp³-hybridized carbons (Fsp3) is 0.182. The molecule has 0 aliphatic carbocycles. The molecule has 6 aromatic carbocycles. The van der Waals surface area contributed by atoms with Gasteiger partial charge in [-0.3, -0.25) is 4.18 Å². The first-order valence-corrected chi connectivity index (χ1v) is 19.2. The van der Waals surface area contributed by atoms with Crippen LogP contribution in [0.25, 0.3) is 0 Å². The Morgan fingerprint density at radius 3 is 1.53 bits per heavy atom. The number of rotatable bonds is 15. The summed E-state index contributed by atoms with van der Waals surface area (Å²) in [5.74, 6) is 2.60. The van der Waals surface area contributed by atoms with Crippen molar-refractivity contribution < 1.29 is 36.3 Å². The van der Waals surface area contributed by atoms with Gasteiger partial charge in [0, 0.05) is 24.1 Å². The van der Waals surface area contributed by atoms with Gasteiger partial charge in [-0.15, -0.1) is 0 Å². The van der Waals surface area contributed by atoms with Crippen molar-refractivity contribution in [1.82, 2.24) is 0 Å². The van der Waals surface area contributed by atoms with E-state index in [-0.39, 0.29) is 6.42 Å². The molecular weight excluding hydrogens is 689 g/mol. The van der Waals surface area contributed by atoms with Crippen LogP contribution in [0.4, 0.5) is 0 Å². The minimum absolute atomic E-state index is 0.197. The summed E-state index contributed by atoms with van der Waals surface area (Å²) in [6, 6.07) is 48.6. The Hall–Kier alpha value is -5.77. The van der Waals surface area contributed by atoms with E-state index in [1.807, 2.05) is 152 Å². The molecule has 0 radical (unpaired) electrons. The molecule has 270 valence electrons. The number of hydrogen-bond donors (Lipinski definition) is 0. The minimum Gasteiger partial charge on any atom is -0.489 e. The summed E-state index contributed by atoms with van der Waals surface area (Å²) in [6.07, 6.45) is -0.499. The Balaban J connectivity index is 1.23. The van der Waals surface area contributed by atoms with Gasteiger partial charge in [0.2, 0.25) is 0 Å². The van der Waals surface area contributed by atoms with Crippen molar-refractivity contribution in [2.45, 2.75) is 45.1 Å². The molecule has 0 N–H and O–H groups in total. The van der Waals surface area contributed by atoms with Crippen LogP contribution in [0.5, 0.6) is 28.7 Å². The summed E-state index contributed by atoms with van der Waals surface area (Å²) < 4.78 is 63.0. The van der Waals surface area contributed by atoms with E-state index in [4.69, 9.17) is 27.9 Å². The van der Waals surface area contributed by atoms with Crippen LogP contribution in [0, 0.1) is 0 Å². The molecule has 0 bridgehead atoms. The zero-order valence-corrected chi connectivity index (χ0v) is 30.1. The predicted octanol–water partition coefficient (Wildman–Crippen LogP) is 9.02. The summed E-state index contributed by atoms with van der Waals surface area (Å²) in [5, 5.41) is 0. The minimum atomic E-state index is -3.89. The fourth-order valence-electron chi connectivity index (χ4n) is 6.11. The van der Waals surface area contributed by atoms with E-state index in [1.54, 1.807) is 0 Å². The molecule has 0 saturated heterocycles. The highest BCUT2D eigenvalue weighted by atomic mass is 32.2. The summed E-state index contributed by atoms with van der Waals surface area (Å²) in [7, 11) is -3.89. The smallest absolute Gasteiger partial charge is 0.264 e. The van der Waals surface area contributed by atoms with Crippen LogP contribution in [-0.2, 0) is 47.1 Å². The largest absolute Gasteiger partial charge is 0.489 e. The highest BCUT2D eigenvalue weighted by molar-refractivity contribution is 7.86. The maximum absolute atomic E-state index is 12.7. The van der Waals surface area contributed by atoms with Crippen molar-refractivity contribution in [2.75, 3.05) is 6.26 Å². The lowest BCUT2D eigenvalue weighted by Gasteiger charge is -2.34. The lowest BCUT2D eigenvalue weighted by atomic mass is 9.93. The first kappa shape index (κ1) is 35.6. The van der Waals surface area contributed by atoms with Crippen molar-refractivity contribution in [1.29, 1.82) is 0 Å². The van der Waals surface area contributed by atoms with Gasteiger partial charge in [0.25, 0.3) is 10.1 Å². The fourth-order valence-corrected chi connectivity index (χ4v) is 6.73. The van der Waals surface area contributed by atoms with Crippen LogP contribution in [0.15, 0.2) is 152 Å². The van der Waals surface area contributed by atoms with E-state index in [1.165, 1.54) is 0 Å². The third-order valence-corrected chi connectivity index (χ3v) is 9.29. The van der Waals surface area contributed by atoms with Crippen molar-refractivity contribution in [3.05, 3.63) is 185 Å². The zero-order valence-electron chi connectivity index (χ0n) is 29.3. The molecule has 9 heteroatoms. The Kier molecular flexibility index (Phi) is 11.2. The first-order valence-electron chi connectivity index (χ1n) is 17.4. The molecule has 0 unspecified atom stereocenters. The molecule has 2 atom stereocenters. The van der Waals surface area contributed by atoms with Gasteiger partial charge in [0.15, 0.2) is 17.6 Å². The highest BCUT2D eigenvalue weighted by Crippen LogP contribution is 2.45. The van der Waals surface area contributed by atoms with Crippen molar-refractivity contribution in [2.24, 2.45) is 0 Å². The molecule has 0 spiro atoms. The quantitative estimate of drug-likeness (QED) is 0.0969. The second kappa shape index (κ2) is 16.7. The van der Waals surface area contributed by atoms with Gasteiger partial charge in [-0.25, -0.2) is 0 Å². The Labute approximate surface area is 310 Å². The molecule has 0 fully saturated rings. The van der Waals surface area contributed by atoms with Crippen LogP contribution in [0.1, 0.15) is 39.5 Å². The normalized spacial score (nSPS) is 15.1. The molecule has 1 aliphatic heterocycles. The lowest BCUT2D eigenvalue weighted by Crippen LogP contribution is -2.34. The number of benzene rings is 6. The molecular formula is C44H40O8S. The second-order valence-electron chi connectivity index (χ2n) is 12.8. The van der Waals surface area contributed by atoms with E-state index in [2.05, 4.69) is 0 Å². The summed E-state index contributed by atoms with van der Waals surface area (Å²) in [6.45, 7) is 1.27. The van der Waals surface area contributed by atoms with Crippen LogP contribution in [0.2, 0.25) is 0 Å². The van der Waals surface area contributed by atoms with Gasteiger partial charge >= 0.3 is 0 Å². The summed E-state index contributed by atoms with van der Waals surface area (Å²) >= 11 is 0. The average Bonchev–Trinajstić information content (AvgIpc) is 3.18. The molecule has 8 nitrogen and oxygen atoms in total. The van der Waals surface area contributed by atoms with Crippen LogP contribution < -0.4 is 23.7 Å². The molecule has 0 aromatic heterocycles. The van der Waals surface area contributed by atoms with Gasteiger partial charge in [0.1, 0.15) is 49.8 Å². The highest BCUT2D eigenvalue weighted by Gasteiger charge is 2.37. The van der Waals surface area contributed by atoms with Crippen molar-refractivity contribution in [3.8, 4) is 28.7 Å². The third kappa shape index (κ3) is 9.77. The molecule has 7 rings (SSSR count). The summed E-state index contributed by atoms with van der Waals surface area (Å²) in [5.41, 5.74) is 5.32.